The largest absolute Gasteiger partial charge is 0.323 e. The number of carbonyl (C=O) groups is 1. The van der Waals surface area contributed by atoms with Gasteiger partial charge in [0.05, 0.1) is 11.6 Å². The number of nitriles is 1. The molecule has 5 nitrogen and oxygen atoms in total. The van der Waals surface area contributed by atoms with Gasteiger partial charge in [-0.15, -0.1) is 11.8 Å². The van der Waals surface area contributed by atoms with Crippen LogP contribution in [0.5, 0.6) is 0 Å². The smallest absolute Gasteiger partial charge is 0.308 e. The van der Waals surface area contributed by atoms with Gasteiger partial charge in [-0.1, -0.05) is 6.07 Å². The molecule has 3 rings (SSSR count). The summed E-state index contributed by atoms with van der Waals surface area (Å²) in [5, 5.41) is 11.7. The summed E-state index contributed by atoms with van der Waals surface area (Å²) in [7, 11) is 0. The van der Waals surface area contributed by atoms with Gasteiger partial charge in [0.25, 0.3) is 0 Å². The number of amides is 2. The maximum Gasteiger partial charge on any atom is 0.323 e. The lowest BCUT2D eigenvalue weighted by Crippen LogP contribution is -2.34. The highest BCUT2D eigenvalue weighted by Gasteiger charge is 2.30. The fourth-order valence-corrected chi connectivity index (χ4v) is 3.54. The van der Waals surface area contributed by atoms with E-state index in [-0.39, 0.29) is 11.4 Å². The van der Waals surface area contributed by atoms with Crippen molar-refractivity contribution >= 4 is 23.5 Å². The Balaban J connectivity index is 1.72. The van der Waals surface area contributed by atoms with E-state index >= 15 is 0 Å². The van der Waals surface area contributed by atoms with Gasteiger partial charge in [0.15, 0.2) is 0 Å². The molecule has 2 heterocycles. The van der Waals surface area contributed by atoms with Gasteiger partial charge in [0.1, 0.15) is 5.37 Å². The number of urea groups is 1. The number of anilines is 1. The fraction of sp³-hybridized carbons (Fsp3) is 0.188. The molecule has 1 aromatic heterocycles. The maximum atomic E-state index is 12.5. The van der Waals surface area contributed by atoms with Crippen molar-refractivity contribution in [2.45, 2.75) is 5.37 Å². The molecule has 1 aliphatic heterocycles. The minimum absolute atomic E-state index is 0.00733. The van der Waals surface area contributed by atoms with Crippen molar-refractivity contribution in [3.05, 3.63) is 59.9 Å². The normalized spacial score (nSPS) is 17.0. The maximum absolute atomic E-state index is 12.5. The molecule has 0 spiro atoms. The van der Waals surface area contributed by atoms with E-state index in [1.807, 2.05) is 12.1 Å². The van der Waals surface area contributed by atoms with Gasteiger partial charge in [0.2, 0.25) is 0 Å². The Bertz CT molecular complexity index is 696. The third-order valence-corrected chi connectivity index (χ3v) is 4.65. The van der Waals surface area contributed by atoms with Crippen LogP contribution in [-0.4, -0.2) is 28.2 Å². The third-order valence-electron chi connectivity index (χ3n) is 3.39. The van der Waals surface area contributed by atoms with Crippen LogP contribution in [0.3, 0.4) is 0 Å². The second kappa shape index (κ2) is 6.50. The van der Waals surface area contributed by atoms with Gasteiger partial charge in [-0.2, -0.15) is 5.26 Å². The molecule has 2 amide bonds. The molecular formula is C16H14N4OS. The average Bonchev–Trinajstić information content (AvgIpc) is 3.06. The predicted molar refractivity (Wildman–Crippen MR) is 86.3 cm³/mol. The number of carbonyl (C=O) groups excluding carboxylic acids is 1. The van der Waals surface area contributed by atoms with Crippen LogP contribution in [0.25, 0.3) is 0 Å². The van der Waals surface area contributed by atoms with Gasteiger partial charge in [-0.25, -0.2) is 4.79 Å². The Morgan fingerprint density at radius 2 is 2.18 bits per heavy atom. The number of benzene rings is 1. The van der Waals surface area contributed by atoms with Crippen molar-refractivity contribution in [1.29, 1.82) is 5.26 Å². The van der Waals surface area contributed by atoms with Crippen molar-refractivity contribution in [3.8, 4) is 6.07 Å². The summed E-state index contributed by atoms with van der Waals surface area (Å²) < 4.78 is 0. The van der Waals surface area contributed by atoms with E-state index in [2.05, 4.69) is 16.4 Å². The first-order valence-corrected chi connectivity index (χ1v) is 7.92. The van der Waals surface area contributed by atoms with Crippen LogP contribution >= 0.6 is 11.8 Å². The number of hydrogen-bond donors (Lipinski definition) is 1. The molecule has 1 aromatic carbocycles. The number of hydrogen-bond acceptors (Lipinski definition) is 4. The average molecular weight is 310 g/mol. The van der Waals surface area contributed by atoms with Crippen LogP contribution in [-0.2, 0) is 0 Å². The molecule has 22 heavy (non-hydrogen) atoms. The van der Waals surface area contributed by atoms with E-state index in [0.717, 1.165) is 11.3 Å². The zero-order valence-electron chi connectivity index (χ0n) is 11.8. The van der Waals surface area contributed by atoms with E-state index in [1.165, 1.54) is 0 Å². The third kappa shape index (κ3) is 3.05. The van der Waals surface area contributed by atoms with Gasteiger partial charge in [0, 0.05) is 35.9 Å². The second-order valence-electron chi connectivity index (χ2n) is 4.82. The number of nitrogens with zero attached hydrogens (tertiary/aromatic N) is 3. The molecule has 0 bridgehead atoms. The van der Waals surface area contributed by atoms with Crippen LogP contribution in [0, 0.1) is 11.3 Å². The molecular weight excluding hydrogens is 296 g/mol. The SMILES string of the molecule is N#Cc1ccc(NC(=O)N2CCSC2c2cccnc2)cc1. The standard InChI is InChI=1S/C16H14N4OS/c17-10-12-3-5-14(6-4-12)19-16(21)20-8-9-22-15(20)13-2-1-7-18-11-13/h1-7,11,15H,8-9H2,(H,19,21). The number of aromatic nitrogens is 1. The molecule has 1 atom stereocenters. The number of pyridine rings is 1. The summed E-state index contributed by atoms with van der Waals surface area (Å²) in [6.45, 7) is 0.701. The molecule has 1 saturated heterocycles. The zero-order chi connectivity index (χ0) is 15.4. The first-order valence-electron chi connectivity index (χ1n) is 6.87. The van der Waals surface area contributed by atoms with Crippen LogP contribution in [0.4, 0.5) is 10.5 Å². The summed E-state index contributed by atoms with van der Waals surface area (Å²) in [6.07, 6.45) is 3.52. The zero-order valence-corrected chi connectivity index (χ0v) is 12.6. The summed E-state index contributed by atoms with van der Waals surface area (Å²) in [6, 6.07) is 12.6. The molecule has 0 aliphatic carbocycles. The highest BCUT2D eigenvalue weighted by Crippen LogP contribution is 2.37. The lowest BCUT2D eigenvalue weighted by Gasteiger charge is -2.24. The number of rotatable bonds is 2. The van der Waals surface area contributed by atoms with Crippen molar-refractivity contribution in [3.63, 3.8) is 0 Å². The Kier molecular flexibility index (Phi) is 4.26. The van der Waals surface area contributed by atoms with E-state index in [4.69, 9.17) is 5.26 Å². The molecule has 6 heteroatoms. The van der Waals surface area contributed by atoms with Crippen LogP contribution in [0.15, 0.2) is 48.8 Å². The molecule has 1 aliphatic rings. The first-order chi connectivity index (χ1) is 10.8. The lowest BCUT2D eigenvalue weighted by atomic mass is 10.2. The molecule has 2 aromatic rings. The molecule has 110 valence electrons. The van der Waals surface area contributed by atoms with E-state index in [0.29, 0.717) is 17.8 Å². The Labute approximate surface area is 133 Å². The number of thioether (sulfide) groups is 1. The monoisotopic (exact) mass is 310 g/mol. The molecule has 0 saturated carbocycles. The Morgan fingerprint density at radius 3 is 2.86 bits per heavy atom. The minimum Gasteiger partial charge on any atom is -0.308 e. The highest BCUT2D eigenvalue weighted by atomic mass is 32.2. The van der Waals surface area contributed by atoms with E-state index < -0.39 is 0 Å². The van der Waals surface area contributed by atoms with Crippen molar-refractivity contribution in [1.82, 2.24) is 9.88 Å². The quantitative estimate of drug-likeness (QED) is 0.924. The van der Waals surface area contributed by atoms with Gasteiger partial charge in [-0.05, 0) is 30.3 Å². The molecule has 1 unspecified atom stereocenters. The molecule has 1 N–H and O–H groups in total. The second-order valence-corrected chi connectivity index (χ2v) is 6.01. The van der Waals surface area contributed by atoms with Crippen LogP contribution < -0.4 is 5.32 Å². The summed E-state index contributed by atoms with van der Waals surface area (Å²) in [5.41, 5.74) is 2.29. The molecule has 0 radical (unpaired) electrons. The van der Waals surface area contributed by atoms with Crippen molar-refractivity contribution in [2.24, 2.45) is 0 Å². The summed E-state index contributed by atoms with van der Waals surface area (Å²) in [4.78, 5) is 18.4. The first kappa shape index (κ1) is 14.4. The van der Waals surface area contributed by atoms with Crippen LogP contribution in [0.1, 0.15) is 16.5 Å². The fourth-order valence-electron chi connectivity index (χ4n) is 2.30. The van der Waals surface area contributed by atoms with Crippen molar-refractivity contribution < 1.29 is 4.79 Å². The van der Waals surface area contributed by atoms with Crippen LogP contribution in [0.2, 0.25) is 0 Å². The van der Waals surface area contributed by atoms with Gasteiger partial charge >= 0.3 is 6.03 Å². The number of nitrogens with one attached hydrogen (secondary N) is 1. The Hall–Kier alpha value is -2.52. The van der Waals surface area contributed by atoms with E-state index in [9.17, 15) is 4.79 Å². The lowest BCUT2D eigenvalue weighted by molar-refractivity contribution is 0.214. The highest BCUT2D eigenvalue weighted by molar-refractivity contribution is 7.99. The van der Waals surface area contributed by atoms with Gasteiger partial charge < -0.3 is 10.2 Å². The summed E-state index contributed by atoms with van der Waals surface area (Å²) >= 11 is 1.73. The topological polar surface area (TPSA) is 69.0 Å². The van der Waals surface area contributed by atoms with E-state index in [1.54, 1.807) is 53.3 Å². The molecule has 1 fully saturated rings. The summed E-state index contributed by atoms with van der Waals surface area (Å²) in [5.74, 6) is 0.903. The van der Waals surface area contributed by atoms with Gasteiger partial charge in [-0.3, -0.25) is 4.98 Å². The minimum atomic E-state index is -0.136. The Morgan fingerprint density at radius 1 is 1.36 bits per heavy atom. The van der Waals surface area contributed by atoms with Crippen molar-refractivity contribution in [2.75, 3.05) is 17.6 Å². The predicted octanol–water partition coefficient (Wildman–Crippen LogP) is 3.23.